The molecule has 1 aromatic heterocycles. The Kier molecular flexibility index (Phi) is 5.31. The molecule has 0 unspecified atom stereocenters. The number of piperidine rings is 1. The Bertz CT molecular complexity index is 667. The molecule has 2 aromatic rings. The van der Waals surface area contributed by atoms with Gasteiger partial charge in [-0.25, -0.2) is 0 Å². The minimum atomic E-state index is -0.125. The molecule has 0 radical (unpaired) electrons. The first-order chi connectivity index (χ1) is 11.7. The van der Waals surface area contributed by atoms with Crippen LogP contribution in [0.4, 0.5) is 5.69 Å². The summed E-state index contributed by atoms with van der Waals surface area (Å²) < 4.78 is 0. The molecule has 0 aliphatic carbocycles. The molecular formula is C19H23N3O2. The minimum absolute atomic E-state index is 0.117. The zero-order chi connectivity index (χ0) is 16.8. The van der Waals surface area contributed by atoms with Crippen molar-refractivity contribution in [2.45, 2.75) is 19.3 Å². The van der Waals surface area contributed by atoms with Crippen LogP contribution in [0, 0.1) is 5.92 Å². The predicted octanol–water partition coefficient (Wildman–Crippen LogP) is 2.82. The number of amides is 1. The van der Waals surface area contributed by atoms with Gasteiger partial charge < -0.3 is 15.3 Å². The van der Waals surface area contributed by atoms with Gasteiger partial charge in [0.15, 0.2) is 0 Å². The Hall–Kier alpha value is -2.56. The maximum absolute atomic E-state index is 12.0. The van der Waals surface area contributed by atoms with Crippen LogP contribution in [0.2, 0.25) is 0 Å². The van der Waals surface area contributed by atoms with Crippen molar-refractivity contribution < 1.29 is 9.90 Å². The molecule has 1 aliphatic rings. The molecule has 126 valence electrons. The summed E-state index contributed by atoms with van der Waals surface area (Å²) in [7, 11) is 0. The number of aromatic nitrogens is 1. The van der Waals surface area contributed by atoms with Gasteiger partial charge in [0.25, 0.3) is 5.91 Å². The summed E-state index contributed by atoms with van der Waals surface area (Å²) in [4.78, 5) is 18.5. The Morgan fingerprint density at radius 2 is 1.96 bits per heavy atom. The number of phenolic OH excluding ortho intramolecular Hbond substituents is 1. The number of hydrogen-bond acceptors (Lipinski definition) is 4. The maximum Gasteiger partial charge on any atom is 0.251 e. The molecule has 3 rings (SSSR count). The molecule has 5 nitrogen and oxygen atoms in total. The molecule has 0 spiro atoms. The molecule has 5 heteroatoms. The molecule has 1 amide bonds. The van der Waals surface area contributed by atoms with Gasteiger partial charge in [0, 0.05) is 43.3 Å². The summed E-state index contributed by atoms with van der Waals surface area (Å²) >= 11 is 0. The van der Waals surface area contributed by atoms with Crippen molar-refractivity contribution >= 4 is 11.6 Å². The summed E-state index contributed by atoms with van der Waals surface area (Å²) in [5.41, 5.74) is 1.74. The molecule has 2 heterocycles. The van der Waals surface area contributed by atoms with Crippen LogP contribution in [0.3, 0.4) is 0 Å². The van der Waals surface area contributed by atoms with Gasteiger partial charge in [0.05, 0.1) is 0 Å². The zero-order valence-corrected chi connectivity index (χ0v) is 13.7. The number of carbonyl (C=O) groups excluding carboxylic acids is 1. The molecule has 2 N–H and O–H groups in total. The van der Waals surface area contributed by atoms with Crippen LogP contribution in [0.1, 0.15) is 29.6 Å². The van der Waals surface area contributed by atoms with E-state index in [4.69, 9.17) is 0 Å². The van der Waals surface area contributed by atoms with Crippen molar-refractivity contribution in [3.63, 3.8) is 0 Å². The summed E-state index contributed by atoms with van der Waals surface area (Å²) in [6.07, 6.45) is 6.94. The van der Waals surface area contributed by atoms with Gasteiger partial charge in [0.1, 0.15) is 5.75 Å². The predicted molar refractivity (Wildman–Crippen MR) is 94.2 cm³/mol. The lowest BCUT2D eigenvalue weighted by atomic mass is 9.93. The van der Waals surface area contributed by atoms with Crippen molar-refractivity contribution in [1.82, 2.24) is 10.3 Å². The molecule has 0 atom stereocenters. The summed E-state index contributed by atoms with van der Waals surface area (Å²) in [6, 6.07) is 10.5. The monoisotopic (exact) mass is 325 g/mol. The van der Waals surface area contributed by atoms with E-state index in [9.17, 15) is 9.90 Å². The van der Waals surface area contributed by atoms with Crippen LogP contribution >= 0.6 is 0 Å². The lowest BCUT2D eigenvalue weighted by Crippen LogP contribution is -2.35. The first kappa shape index (κ1) is 16.3. The molecular weight excluding hydrogens is 302 g/mol. The van der Waals surface area contributed by atoms with E-state index in [1.165, 1.54) is 11.8 Å². The van der Waals surface area contributed by atoms with E-state index in [1.54, 1.807) is 18.2 Å². The fraction of sp³-hybridized carbons (Fsp3) is 0.368. The Morgan fingerprint density at radius 1 is 1.21 bits per heavy atom. The number of anilines is 1. The molecule has 1 saturated heterocycles. The highest BCUT2D eigenvalue weighted by Crippen LogP contribution is 2.24. The smallest absolute Gasteiger partial charge is 0.251 e. The van der Waals surface area contributed by atoms with E-state index < -0.39 is 0 Å². The number of hydrogen-bond donors (Lipinski definition) is 2. The minimum Gasteiger partial charge on any atom is -0.508 e. The number of carbonyl (C=O) groups is 1. The summed E-state index contributed by atoms with van der Waals surface area (Å²) in [5.74, 6) is 0.638. The molecule has 1 aliphatic heterocycles. The van der Waals surface area contributed by atoms with Gasteiger partial charge in [-0.15, -0.1) is 0 Å². The molecule has 0 bridgehead atoms. The van der Waals surface area contributed by atoms with E-state index in [2.05, 4.69) is 27.3 Å². The Balaban J connectivity index is 1.40. The number of nitrogens with zero attached hydrogens (tertiary/aromatic N) is 2. The number of rotatable bonds is 5. The largest absolute Gasteiger partial charge is 0.508 e. The third-order valence-electron chi connectivity index (χ3n) is 4.59. The number of benzene rings is 1. The van der Waals surface area contributed by atoms with Gasteiger partial charge in [-0.2, -0.15) is 0 Å². The fourth-order valence-electron chi connectivity index (χ4n) is 3.17. The van der Waals surface area contributed by atoms with Gasteiger partial charge in [-0.3, -0.25) is 9.78 Å². The summed E-state index contributed by atoms with van der Waals surface area (Å²) in [5, 5.41) is 12.4. The van der Waals surface area contributed by atoms with Gasteiger partial charge in [-0.05, 0) is 55.5 Å². The van der Waals surface area contributed by atoms with Crippen molar-refractivity contribution in [1.29, 1.82) is 0 Å². The highest BCUT2D eigenvalue weighted by atomic mass is 16.3. The number of nitrogens with one attached hydrogen (secondary N) is 1. The third-order valence-corrected chi connectivity index (χ3v) is 4.59. The average Bonchev–Trinajstić information content (AvgIpc) is 2.63. The Morgan fingerprint density at radius 3 is 2.67 bits per heavy atom. The van der Waals surface area contributed by atoms with Crippen LogP contribution in [-0.2, 0) is 0 Å². The van der Waals surface area contributed by atoms with Gasteiger partial charge in [0.2, 0.25) is 0 Å². The first-order valence-electron chi connectivity index (χ1n) is 8.44. The average molecular weight is 325 g/mol. The second-order valence-electron chi connectivity index (χ2n) is 6.23. The second kappa shape index (κ2) is 7.81. The molecule has 1 aromatic carbocycles. The topological polar surface area (TPSA) is 65.5 Å². The van der Waals surface area contributed by atoms with Crippen molar-refractivity contribution in [3.05, 3.63) is 54.4 Å². The van der Waals surface area contributed by atoms with Crippen molar-refractivity contribution in [2.24, 2.45) is 5.92 Å². The van der Waals surface area contributed by atoms with Crippen LogP contribution < -0.4 is 10.2 Å². The summed E-state index contributed by atoms with van der Waals surface area (Å²) in [6.45, 7) is 2.78. The molecule has 0 saturated carbocycles. The standard InChI is InChI=1S/C19H23N3O2/c23-18-3-1-2-16(14-18)19(24)21-11-4-15-7-12-22(13-8-15)17-5-9-20-10-6-17/h1-3,5-6,9-10,14-15,23H,4,7-8,11-13H2,(H,21,24). The number of phenols is 1. The normalized spacial score (nSPS) is 15.2. The number of aromatic hydroxyl groups is 1. The van der Waals surface area contributed by atoms with Crippen LogP contribution in [0.15, 0.2) is 48.8 Å². The lowest BCUT2D eigenvalue weighted by Gasteiger charge is -2.33. The van der Waals surface area contributed by atoms with E-state index in [1.807, 2.05) is 12.4 Å². The van der Waals surface area contributed by atoms with Crippen molar-refractivity contribution in [3.8, 4) is 5.75 Å². The van der Waals surface area contributed by atoms with Crippen LogP contribution in [-0.4, -0.2) is 35.6 Å². The van der Waals surface area contributed by atoms with E-state index in [-0.39, 0.29) is 11.7 Å². The second-order valence-corrected chi connectivity index (χ2v) is 6.23. The van der Waals surface area contributed by atoms with Gasteiger partial charge >= 0.3 is 0 Å². The van der Waals surface area contributed by atoms with Crippen LogP contribution in [0.5, 0.6) is 5.75 Å². The third kappa shape index (κ3) is 4.25. The lowest BCUT2D eigenvalue weighted by molar-refractivity contribution is 0.0950. The van der Waals surface area contributed by atoms with E-state index in [0.29, 0.717) is 18.0 Å². The maximum atomic E-state index is 12.0. The Labute approximate surface area is 142 Å². The SMILES string of the molecule is O=C(NCCC1CCN(c2ccncc2)CC1)c1cccc(O)c1. The zero-order valence-electron chi connectivity index (χ0n) is 13.7. The van der Waals surface area contributed by atoms with E-state index >= 15 is 0 Å². The molecule has 24 heavy (non-hydrogen) atoms. The number of pyridine rings is 1. The first-order valence-corrected chi connectivity index (χ1v) is 8.44. The highest BCUT2D eigenvalue weighted by Gasteiger charge is 2.19. The highest BCUT2D eigenvalue weighted by molar-refractivity contribution is 5.94. The van der Waals surface area contributed by atoms with Crippen LogP contribution in [0.25, 0.3) is 0 Å². The van der Waals surface area contributed by atoms with E-state index in [0.717, 1.165) is 32.4 Å². The van der Waals surface area contributed by atoms with Crippen molar-refractivity contribution in [2.75, 3.05) is 24.5 Å². The molecule has 1 fully saturated rings. The fourth-order valence-corrected chi connectivity index (χ4v) is 3.17. The van der Waals surface area contributed by atoms with Gasteiger partial charge in [-0.1, -0.05) is 6.07 Å². The quantitative estimate of drug-likeness (QED) is 0.887.